The molecule has 0 amide bonds. The maximum Gasteiger partial charge on any atom is 0.377 e. The van der Waals surface area contributed by atoms with Crippen LogP contribution < -0.4 is 0 Å². The zero-order chi connectivity index (χ0) is 10.8. The van der Waals surface area contributed by atoms with Crippen molar-refractivity contribution in [2.75, 3.05) is 7.11 Å². The lowest BCUT2D eigenvalue weighted by Crippen LogP contribution is -2.08. The maximum atomic E-state index is 11.1. The van der Waals surface area contributed by atoms with Crippen molar-refractivity contribution >= 4 is 5.97 Å². The molecule has 9 heteroatoms. The number of carbonyl (C=O) groups is 1. The number of ether oxygens (including phenoxy) is 1. The SMILES string of the molecule is COC(=O)c1ncn(-c2nnnn2C)n1. The van der Waals surface area contributed by atoms with Crippen molar-refractivity contribution in [1.82, 2.24) is 35.0 Å². The van der Waals surface area contributed by atoms with Crippen molar-refractivity contribution in [3.05, 3.63) is 12.2 Å². The van der Waals surface area contributed by atoms with Crippen LogP contribution in [0.1, 0.15) is 10.6 Å². The minimum Gasteiger partial charge on any atom is -0.463 e. The van der Waals surface area contributed by atoms with Crippen LogP contribution in [0.2, 0.25) is 0 Å². The van der Waals surface area contributed by atoms with Crippen LogP contribution in [0.5, 0.6) is 0 Å². The number of hydrogen-bond acceptors (Lipinski definition) is 7. The standard InChI is InChI=1S/C6H7N7O2/c1-12-6(8-10-11-12)13-3-7-4(9-13)5(14)15-2/h3H,1-2H3. The summed E-state index contributed by atoms with van der Waals surface area (Å²) in [5, 5.41) is 14.6. The third-order valence-electron chi connectivity index (χ3n) is 1.66. The van der Waals surface area contributed by atoms with Crippen molar-refractivity contribution in [3.8, 4) is 5.95 Å². The van der Waals surface area contributed by atoms with E-state index in [2.05, 4.69) is 30.3 Å². The molecule has 0 saturated heterocycles. The molecule has 2 aromatic heterocycles. The van der Waals surface area contributed by atoms with Gasteiger partial charge in [-0.05, 0) is 10.4 Å². The molecule has 0 atom stereocenters. The highest BCUT2D eigenvalue weighted by atomic mass is 16.5. The van der Waals surface area contributed by atoms with E-state index in [1.54, 1.807) is 7.05 Å². The van der Waals surface area contributed by atoms with Crippen LogP contribution in [0.4, 0.5) is 0 Å². The molecule has 0 aliphatic carbocycles. The fourth-order valence-electron chi connectivity index (χ4n) is 0.963. The lowest BCUT2D eigenvalue weighted by molar-refractivity contribution is 0.0587. The summed E-state index contributed by atoms with van der Waals surface area (Å²) >= 11 is 0. The predicted molar refractivity (Wildman–Crippen MR) is 45.1 cm³/mol. The molecule has 0 N–H and O–H groups in total. The largest absolute Gasteiger partial charge is 0.463 e. The first-order chi connectivity index (χ1) is 7.22. The molecule has 0 saturated carbocycles. The number of methoxy groups -OCH3 is 1. The Bertz CT molecular complexity index is 487. The average molecular weight is 209 g/mol. The van der Waals surface area contributed by atoms with E-state index in [0.717, 1.165) is 0 Å². The molecule has 0 bridgehead atoms. The van der Waals surface area contributed by atoms with Gasteiger partial charge in [0.15, 0.2) is 0 Å². The quantitative estimate of drug-likeness (QED) is 0.559. The van der Waals surface area contributed by atoms with Gasteiger partial charge >= 0.3 is 5.97 Å². The van der Waals surface area contributed by atoms with Crippen molar-refractivity contribution in [2.24, 2.45) is 7.05 Å². The molecule has 0 fully saturated rings. The van der Waals surface area contributed by atoms with Crippen LogP contribution in [0.3, 0.4) is 0 Å². The van der Waals surface area contributed by atoms with Crippen LogP contribution >= 0.6 is 0 Å². The molecule has 0 aliphatic heterocycles. The second-order valence-corrected chi connectivity index (χ2v) is 2.61. The average Bonchev–Trinajstić information content (AvgIpc) is 2.84. The molecule has 15 heavy (non-hydrogen) atoms. The third kappa shape index (κ3) is 1.54. The van der Waals surface area contributed by atoms with E-state index in [1.165, 1.54) is 22.8 Å². The fourth-order valence-corrected chi connectivity index (χ4v) is 0.963. The highest BCUT2D eigenvalue weighted by Crippen LogP contribution is 1.99. The van der Waals surface area contributed by atoms with Gasteiger partial charge in [0.25, 0.3) is 11.8 Å². The summed E-state index contributed by atoms with van der Waals surface area (Å²) in [4.78, 5) is 14.8. The Morgan fingerprint density at radius 1 is 1.53 bits per heavy atom. The van der Waals surface area contributed by atoms with E-state index < -0.39 is 5.97 Å². The summed E-state index contributed by atoms with van der Waals surface area (Å²) in [6.45, 7) is 0. The second kappa shape index (κ2) is 3.44. The monoisotopic (exact) mass is 209 g/mol. The number of esters is 1. The fraction of sp³-hybridized carbons (Fsp3) is 0.333. The molecule has 0 aliphatic rings. The Morgan fingerprint density at radius 3 is 2.93 bits per heavy atom. The first-order valence-electron chi connectivity index (χ1n) is 3.95. The van der Waals surface area contributed by atoms with Gasteiger partial charge in [0.1, 0.15) is 6.33 Å². The number of aromatic nitrogens is 7. The highest BCUT2D eigenvalue weighted by molar-refractivity contribution is 5.84. The van der Waals surface area contributed by atoms with E-state index >= 15 is 0 Å². The molecule has 2 rings (SSSR count). The zero-order valence-corrected chi connectivity index (χ0v) is 8.02. The van der Waals surface area contributed by atoms with Gasteiger partial charge < -0.3 is 4.74 Å². The Labute approximate surface area is 83.7 Å². The van der Waals surface area contributed by atoms with E-state index in [1.807, 2.05) is 0 Å². The van der Waals surface area contributed by atoms with Crippen molar-refractivity contribution in [2.45, 2.75) is 0 Å². The topological polar surface area (TPSA) is 101 Å². The summed E-state index contributed by atoms with van der Waals surface area (Å²) in [6.07, 6.45) is 1.33. The number of tetrazole rings is 1. The van der Waals surface area contributed by atoms with E-state index in [0.29, 0.717) is 5.95 Å². The minimum atomic E-state index is -0.608. The Hall–Kier alpha value is -2.32. The van der Waals surface area contributed by atoms with E-state index in [4.69, 9.17) is 0 Å². The number of rotatable bonds is 2. The van der Waals surface area contributed by atoms with Gasteiger partial charge in [0.2, 0.25) is 0 Å². The Balaban J connectivity index is 2.36. The van der Waals surface area contributed by atoms with Gasteiger partial charge in [-0.1, -0.05) is 5.10 Å². The molecule has 0 radical (unpaired) electrons. The Morgan fingerprint density at radius 2 is 2.33 bits per heavy atom. The molecule has 9 nitrogen and oxygen atoms in total. The van der Waals surface area contributed by atoms with Gasteiger partial charge in [-0.15, -0.1) is 5.10 Å². The van der Waals surface area contributed by atoms with Crippen LogP contribution in [0.25, 0.3) is 5.95 Å². The third-order valence-corrected chi connectivity index (χ3v) is 1.66. The van der Waals surface area contributed by atoms with Crippen molar-refractivity contribution < 1.29 is 9.53 Å². The van der Waals surface area contributed by atoms with Gasteiger partial charge in [-0.25, -0.2) is 14.5 Å². The Kier molecular flexibility index (Phi) is 2.12. The van der Waals surface area contributed by atoms with Crippen LogP contribution in [-0.4, -0.2) is 48.1 Å². The molecule has 0 unspecified atom stereocenters. The van der Waals surface area contributed by atoms with Crippen molar-refractivity contribution in [3.63, 3.8) is 0 Å². The summed E-state index contributed by atoms with van der Waals surface area (Å²) in [6, 6.07) is 0. The smallest absolute Gasteiger partial charge is 0.377 e. The molecule has 2 heterocycles. The molecule has 0 spiro atoms. The van der Waals surface area contributed by atoms with Crippen LogP contribution in [0.15, 0.2) is 6.33 Å². The van der Waals surface area contributed by atoms with Gasteiger partial charge in [0, 0.05) is 7.05 Å². The van der Waals surface area contributed by atoms with E-state index in [9.17, 15) is 4.79 Å². The molecular formula is C6H7N7O2. The van der Waals surface area contributed by atoms with Gasteiger partial charge in [-0.3, -0.25) is 0 Å². The summed E-state index contributed by atoms with van der Waals surface area (Å²) in [7, 11) is 2.90. The predicted octanol–water partition coefficient (Wildman–Crippen LogP) is -1.42. The maximum absolute atomic E-state index is 11.1. The van der Waals surface area contributed by atoms with Crippen molar-refractivity contribution in [1.29, 1.82) is 0 Å². The summed E-state index contributed by atoms with van der Waals surface area (Å²) in [5.41, 5.74) is 0. The van der Waals surface area contributed by atoms with Gasteiger partial charge in [0.05, 0.1) is 7.11 Å². The lowest BCUT2D eigenvalue weighted by Gasteiger charge is -1.94. The number of hydrogen-bond donors (Lipinski definition) is 0. The normalized spacial score (nSPS) is 10.3. The summed E-state index contributed by atoms with van der Waals surface area (Å²) in [5.74, 6) is -0.290. The zero-order valence-electron chi connectivity index (χ0n) is 8.02. The van der Waals surface area contributed by atoms with Crippen LogP contribution in [-0.2, 0) is 11.8 Å². The molecular weight excluding hydrogens is 202 g/mol. The molecule has 78 valence electrons. The molecule has 2 aromatic rings. The number of carbonyl (C=O) groups excluding carboxylic acids is 1. The van der Waals surface area contributed by atoms with Crippen LogP contribution in [0, 0.1) is 0 Å². The number of nitrogens with zero attached hydrogens (tertiary/aromatic N) is 7. The number of aryl methyl sites for hydroxylation is 1. The van der Waals surface area contributed by atoms with E-state index in [-0.39, 0.29) is 5.82 Å². The van der Waals surface area contributed by atoms with Gasteiger partial charge in [-0.2, -0.15) is 4.68 Å². The lowest BCUT2D eigenvalue weighted by atomic mass is 10.6. The highest BCUT2D eigenvalue weighted by Gasteiger charge is 2.14. The summed E-state index contributed by atoms with van der Waals surface area (Å²) < 4.78 is 7.14. The second-order valence-electron chi connectivity index (χ2n) is 2.61. The first kappa shape index (κ1) is 9.24. The minimum absolute atomic E-state index is 0.0412. The molecule has 0 aromatic carbocycles. The first-order valence-corrected chi connectivity index (χ1v) is 3.95.